The van der Waals surface area contributed by atoms with E-state index in [1.165, 1.54) is 6.33 Å². The van der Waals surface area contributed by atoms with E-state index in [0.29, 0.717) is 22.5 Å². The van der Waals surface area contributed by atoms with Gasteiger partial charge >= 0.3 is 0 Å². The normalized spacial score (nSPS) is 15.4. The highest BCUT2D eigenvalue weighted by Crippen LogP contribution is 2.23. The average Bonchev–Trinajstić information content (AvgIpc) is 2.58. The summed E-state index contributed by atoms with van der Waals surface area (Å²) in [5, 5.41) is 3.86. The van der Waals surface area contributed by atoms with Gasteiger partial charge in [0.2, 0.25) is 0 Å². The van der Waals surface area contributed by atoms with Crippen LogP contribution in [0.2, 0.25) is 5.02 Å². The molecule has 2 heterocycles. The van der Waals surface area contributed by atoms with Crippen molar-refractivity contribution in [3.63, 3.8) is 0 Å². The van der Waals surface area contributed by atoms with E-state index in [2.05, 4.69) is 22.2 Å². The van der Waals surface area contributed by atoms with Crippen LogP contribution < -0.4 is 5.32 Å². The second-order valence-electron chi connectivity index (χ2n) is 6.35. The van der Waals surface area contributed by atoms with Crippen LogP contribution in [0.15, 0.2) is 30.6 Å². The molecule has 24 heavy (non-hydrogen) atoms. The van der Waals surface area contributed by atoms with Gasteiger partial charge < -0.3 is 10.2 Å². The van der Waals surface area contributed by atoms with Crippen molar-refractivity contribution in [1.82, 2.24) is 14.9 Å². The fourth-order valence-corrected chi connectivity index (χ4v) is 2.92. The summed E-state index contributed by atoms with van der Waals surface area (Å²) in [6.07, 6.45) is 3.51. The summed E-state index contributed by atoms with van der Waals surface area (Å²) in [5.41, 5.74) is 2.26. The van der Waals surface area contributed by atoms with Gasteiger partial charge in [-0.2, -0.15) is 0 Å². The predicted octanol–water partition coefficient (Wildman–Crippen LogP) is 4.05. The topological polar surface area (TPSA) is 58.1 Å². The number of aromatic nitrogens is 2. The molecule has 0 spiro atoms. The third-order valence-corrected chi connectivity index (χ3v) is 4.81. The third kappa shape index (κ3) is 3.85. The van der Waals surface area contributed by atoms with Crippen molar-refractivity contribution in [3.8, 4) is 0 Å². The Labute approximate surface area is 147 Å². The van der Waals surface area contributed by atoms with Crippen LogP contribution in [0.5, 0.6) is 0 Å². The van der Waals surface area contributed by atoms with Crippen molar-refractivity contribution < 1.29 is 4.79 Å². The highest BCUT2D eigenvalue weighted by atomic mass is 35.5. The molecule has 0 radical (unpaired) electrons. The summed E-state index contributed by atoms with van der Waals surface area (Å²) in [7, 11) is 0. The van der Waals surface area contributed by atoms with Crippen LogP contribution in [-0.2, 0) is 0 Å². The fraction of sp³-hybridized carbons (Fsp3) is 0.389. The zero-order chi connectivity index (χ0) is 17.1. The quantitative estimate of drug-likeness (QED) is 0.912. The van der Waals surface area contributed by atoms with Crippen molar-refractivity contribution in [3.05, 3.63) is 46.9 Å². The molecule has 1 amide bonds. The standard InChI is InChI=1S/C18H21ClN4O/c1-12-5-7-23(8-6-12)18(24)16-10-17(21-11-20-16)22-14-4-3-13(2)15(19)9-14/h3-4,9-12H,5-8H2,1-2H3,(H,20,21,22). The van der Waals surface area contributed by atoms with Crippen LogP contribution in [0, 0.1) is 12.8 Å². The zero-order valence-electron chi connectivity index (χ0n) is 13.9. The molecule has 1 fully saturated rings. The Kier molecular flexibility index (Phi) is 5.00. The first kappa shape index (κ1) is 16.7. The number of rotatable bonds is 3. The lowest BCUT2D eigenvalue weighted by Gasteiger charge is -2.30. The van der Waals surface area contributed by atoms with E-state index in [1.54, 1.807) is 6.07 Å². The Balaban J connectivity index is 1.73. The number of hydrogen-bond donors (Lipinski definition) is 1. The van der Waals surface area contributed by atoms with Gasteiger partial charge in [-0.05, 0) is 43.4 Å². The molecule has 0 aliphatic carbocycles. The van der Waals surface area contributed by atoms with Crippen LogP contribution in [0.1, 0.15) is 35.8 Å². The van der Waals surface area contributed by atoms with Crippen LogP contribution in [0.3, 0.4) is 0 Å². The average molecular weight is 345 g/mol. The monoisotopic (exact) mass is 344 g/mol. The van der Waals surface area contributed by atoms with Gasteiger partial charge in [-0.1, -0.05) is 24.6 Å². The molecule has 1 N–H and O–H groups in total. The first-order valence-corrected chi connectivity index (χ1v) is 8.55. The second kappa shape index (κ2) is 7.18. The number of piperidine rings is 1. The van der Waals surface area contributed by atoms with Gasteiger partial charge in [-0.25, -0.2) is 9.97 Å². The summed E-state index contributed by atoms with van der Waals surface area (Å²) in [6.45, 7) is 5.76. The molecular weight excluding hydrogens is 324 g/mol. The van der Waals surface area contributed by atoms with Crippen molar-refractivity contribution >= 4 is 29.0 Å². The minimum atomic E-state index is -0.0331. The molecule has 0 bridgehead atoms. The van der Waals surface area contributed by atoms with E-state index in [1.807, 2.05) is 30.0 Å². The first-order chi connectivity index (χ1) is 11.5. The molecular formula is C18H21ClN4O. The lowest BCUT2D eigenvalue weighted by Crippen LogP contribution is -2.38. The Bertz CT molecular complexity index is 742. The summed E-state index contributed by atoms with van der Waals surface area (Å²) in [5.74, 6) is 1.23. The molecule has 1 aliphatic rings. The van der Waals surface area contributed by atoms with Gasteiger partial charge in [0.1, 0.15) is 17.8 Å². The highest BCUT2D eigenvalue weighted by molar-refractivity contribution is 6.31. The third-order valence-electron chi connectivity index (χ3n) is 4.40. The Hall–Kier alpha value is -2.14. The minimum absolute atomic E-state index is 0.0331. The Morgan fingerprint density at radius 2 is 2.00 bits per heavy atom. The van der Waals surface area contributed by atoms with Crippen LogP contribution in [0.4, 0.5) is 11.5 Å². The van der Waals surface area contributed by atoms with Crippen molar-refractivity contribution in [2.24, 2.45) is 5.92 Å². The van der Waals surface area contributed by atoms with Gasteiger partial charge in [-0.3, -0.25) is 4.79 Å². The van der Waals surface area contributed by atoms with Gasteiger partial charge in [0.25, 0.3) is 5.91 Å². The summed E-state index contributed by atoms with van der Waals surface area (Å²) in [4.78, 5) is 22.8. The summed E-state index contributed by atoms with van der Waals surface area (Å²) in [6, 6.07) is 7.39. The van der Waals surface area contributed by atoms with Gasteiger partial charge in [0, 0.05) is 29.9 Å². The van der Waals surface area contributed by atoms with Crippen molar-refractivity contribution in [2.45, 2.75) is 26.7 Å². The smallest absolute Gasteiger partial charge is 0.272 e. The molecule has 2 aromatic rings. The van der Waals surface area contributed by atoms with E-state index in [0.717, 1.165) is 37.2 Å². The lowest BCUT2D eigenvalue weighted by molar-refractivity contribution is 0.0691. The fourth-order valence-electron chi connectivity index (χ4n) is 2.73. The van der Waals surface area contributed by atoms with E-state index in [-0.39, 0.29) is 5.91 Å². The minimum Gasteiger partial charge on any atom is -0.340 e. The number of carbonyl (C=O) groups excluding carboxylic acids is 1. The molecule has 1 aliphatic heterocycles. The van der Waals surface area contributed by atoms with Gasteiger partial charge in [-0.15, -0.1) is 0 Å². The molecule has 1 aromatic carbocycles. The maximum absolute atomic E-state index is 12.6. The highest BCUT2D eigenvalue weighted by Gasteiger charge is 2.22. The molecule has 1 aromatic heterocycles. The van der Waals surface area contributed by atoms with Gasteiger partial charge in [0.05, 0.1) is 0 Å². The number of nitrogens with zero attached hydrogens (tertiary/aromatic N) is 3. The molecule has 0 unspecified atom stereocenters. The SMILES string of the molecule is Cc1ccc(Nc2cc(C(=O)N3CCC(C)CC3)ncn2)cc1Cl. The van der Waals surface area contributed by atoms with Gasteiger partial charge in [0.15, 0.2) is 0 Å². The van der Waals surface area contributed by atoms with E-state index in [9.17, 15) is 4.79 Å². The molecule has 1 saturated heterocycles. The Morgan fingerprint density at radius 1 is 1.25 bits per heavy atom. The molecule has 3 rings (SSSR count). The number of nitrogens with one attached hydrogen (secondary N) is 1. The first-order valence-electron chi connectivity index (χ1n) is 8.17. The van der Waals surface area contributed by atoms with E-state index in [4.69, 9.17) is 11.6 Å². The van der Waals surface area contributed by atoms with Crippen molar-refractivity contribution in [2.75, 3.05) is 18.4 Å². The predicted molar refractivity (Wildman–Crippen MR) is 95.8 cm³/mol. The number of amides is 1. The number of anilines is 2. The summed E-state index contributed by atoms with van der Waals surface area (Å²) < 4.78 is 0. The number of benzene rings is 1. The van der Waals surface area contributed by atoms with Crippen LogP contribution in [0.25, 0.3) is 0 Å². The van der Waals surface area contributed by atoms with E-state index < -0.39 is 0 Å². The Morgan fingerprint density at radius 3 is 2.71 bits per heavy atom. The molecule has 6 heteroatoms. The molecule has 126 valence electrons. The molecule has 5 nitrogen and oxygen atoms in total. The molecule has 0 atom stereocenters. The van der Waals surface area contributed by atoms with E-state index >= 15 is 0 Å². The van der Waals surface area contributed by atoms with Crippen LogP contribution in [-0.4, -0.2) is 33.9 Å². The number of likely N-dealkylation sites (tertiary alicyclic amines) is 1. The summed E-state index contributed by atoms with van der Waals surface area (Å²) >= 11 is 6.14. The van der Waals surface area contributed by atoms with Crippen LogP contribution >= 0.6 is 11.6 Å². The largest absolute Gasteiger partial charge is 0.340 e. The molecule has 0 saturated carbocycles. The number of halogens is 1. The maximum atomic E-state index is 12.6. The zero-order valence-corrected chi connectivity index (χ0v) is 14.7. The number of hydrogen-bond acceptors (Lipinski definition) is 4. The lowest BCUT2D eigenvalue weighted by atomic mass is 9.99. The number of carbonyl (C=O) groups is 1. The number of aryl methyl sites for hydroxylation is 1. The maximum Gasteiger partial charge on any atom is 0.272 e. The second-order valence-corrected chi connectivity index (χ2v) is 6.76. The van der Waals surface area contributed by atoms with Crippen molar-refractivity contribution in [1.29, 1.82) is 0 Å².